The second-order valence-corrected chi connectivity index (χ2v) is 8.80. The van der Waals surface area contributed by atoms with Crippen molar-refractivity contribution in [2.24, 2.45) is 11.3 Å². The molecule has 164 valence electrons. The van der Waals surface area contributed by atoms with E-state index in [2.05, 4.69) is 60.7 Å². The van der Waals surface area contributed by atoms with E-state index in [1.54, 1.807) is 7.11 Å². The minimum absolute atomic E-state index is 0.129. The van der Waals surface area contributed by atoms with Crippen LogP contribution in [-0.4, -0.2) is 31.7 Å². The van der Waals surface area contributed by atoms with Crippen LogP contribution in [0.3, 0.4) is 0 Å². The van der Waals surface area contributed by atoms with E-state index in [0.717, 1.165) is 38.5 Å². The Morgan fingerprint density at radius 1 is 1.06 bits per heavy atom. The van der Waals surface area contributed by atoms with E-state index in [4.69, 9.17) is 16.1 Å². The topological polar surface area (TPSA) is 38.7 Å². The standard InChI is InChI=1S/C28H34O3/c1-21(22-11-5-3-6-12-22)28-17-16-26(31-20-30-2)25(28)19-24(15-9-10-18-29)27(28)23-13-7-4-8-14-23/h3-8,11-14,25-26,29H,1,9-10,15-20H2,2H3/t25?,26-,28-/m0/s1. The van der Waals surface area contributed by atoms with Gasteiger partial charge in [-0.05, 0) is 60.8 Å². The highest BCUT2D eigenvalue weighted by Gasteiger charge is 2.57. The average molecular weight is 419 g/mol. The van der Waals surface area contributed by atoms with Gasteiger partial charge in [0.25, 0.3) is 0 Å². The van der Waals surface area contributed by atoms with Crippen LogP contribution < -0.4 is 0 Å². The molecule has 31 heavy (non-hydrogen) atoms. The van der Waals surface area contributed by atoms with E-state index < -0.39 is 0 Å². The summed E-state index contributed by atoms with van der Waals surface area (Å²) in [5, 5.41) is 9.35. The van der Waals surface area contributed by atoms with Crippen LogP contribution in [0.25, 0.3) is 11.1 Å². The summed E-state index contributed by atoms with van der Waals surface area (Å²) in [5.41, 5.74) is 6.55. The highest BCUT2D eigenvalue weighted by molar-refractivity contribution is 5.90. The van der Waals surface area contributed by atoms with Crippen molar-refractivity contribution in [2.75, 3.05) is 20.5 Å². The highest BCUT2D eigenvalue weighted by atomic mass is 16.7. The number of benzene rings is 2. The van der Waals surface area contributed by atoms with Gasteiger partial charge in [-0.3, -0.25) is 0 Å². The number of fused-ring (bicyclic) bond motifs is 1. The molecule has 0 aliphatic heterocycles. The Hall–Kier alpha value is -2.20. The molecule has 0 amide bonds. The fourth-order valence-corrected chi connectivity index (χ4v) is 5.89. The van der Waals surface area contributed by atoms with Crippen LogP contribution in [0, 0.1) is 11.3 Å². The third kappa shape index (κ3) is 4.15. The lowest BCUT2D eigenvalue weighted by Gasteiger charge is -2.37. The van der Waals surface area contributed by atoms with Crippen molar-refractivity contribution < 1.29 is 14.6 Å². The van der Waals surface area contributed by atoms with Gasteiger partial charge in [0, 0.05) is 25.0 Å². The van der Waals surface area contributed by atoms with Gasteiger partial charge < -0.3 is 14.6 Å². The van der Waals surface area contributed by atoms with Gasteiger partial charge in [-0.1, -0.05) is 72.8 Å². The van der Waals surface area contributed by atoms with Crippen LogP contribution in [0.15, 0.2) is 72.8 Å². The maximum Gasteiger partial charge on any atom is 0.146 e. The molecule has 0 heterocycles. The van der Waals surface area contributed by atoms with Gasteiger partial charge >= 0.3 is 0 Å². The van der Waals surface area contributed by atoms with Crippen LogP contribution in [0.4, 0.5) is 0 Å². The van der Waals surface area contributed by atoms with Gasteiger partial charge in [-0.25, -0.2) is 0 Å². The minimum atomic E-state index is -0.129. The minimum Gasteiger partial charge on any atom is -0.396 e. The van der Waals surface area contributed by atoms with Gasteiger partial charge in [0.05, 0.1) is 6.10 Å². The first-order valence-electron chi connectivity index (χ1n) is 11.5. The van der Waals surface area contributed by atoms with E-state index in [0.29, 0.717) is 12.7 Å². The zero-order valence-corrected chi connectivity index (χ0v) is 18.6. The molecular formula is C28H34O3. The molecule has 1 fully saturated rings. The van der Waals surface area contributed by atoms with Gasteiger partial charge in [-0.2, -0.15) is 0 Å². The van der Waals surface area contributed by atoms with E-state index in [1.807, 2.05) is 0 Å². The first-order chi connectivity index (χ1) is 15.2. The number of allylic oxidation sites excluding steroid dienone is 3. The predicted octanol–water partition coefficient (Wildman–Crippen LogP) is 6.11. The Morgan fingerprint density at radius 2 is 1.77 bits per heavy atom. The molecule has 2 aromatic carbocycles. The Kier molecular flexibility index (Phi) is 7.06. The normalized spacial score (nSPS) is 25.1. The summed E-state index contributed by atoms with van der Waals surface area (Å²) in [6.45, 7) is 5.28. The second kappa shape index (κ2) is 9.95. The van der Waals surface area contributed by atoms with E-state index in [9.17, 15) is 5.11 Å². The van der Waals surface area contributed by atoms with Crippen molar-refractivity contribution in [3.8, 4) is 0 Å². The van der Waals surface area contributed by atoms with Crippen molar-refractivity contribution in [2.45, 2.75) is 44.6 Å². The fraction of sp³-hybridized carbons (Fsp3) is 0.429. The Bertz CT molecular complexity index is 902. The summed E-state index contributed by atoms with van der Waals surface area (Å²) in [6, 6.07) is 21.5. The number of hydrogen-bond donors (Lipinski definition) is 1. The van der Waals surface area contributed by atoms with E-state index in [-0.39, 0.29) is 18.1 Å². The molecule has 0 bridgehead atoms. The van der Waals surface area contributed by atoms with Gasteiger partial charge in [-0.15, -0.1) is 0 Å². The fourth-order valence-electron chi connectivity index (χ4n) is 5.89. The zero-order chi connectivity index (χ0) is 21.7. The summed E-state index contributed by atoms with van der Waals surface area (Å²) >= 11 is 0. The maximum absolute atomic E-state index is 9.35. The lowest BCUT2D eigenvalue weighted by atomic mass is 9.66. The number of unbranched alkanes of at least 4 members (excludes halogenated alkanes) is 1. The zero-order valence-electron chi connectivity index (χ0n) is 18.6. The molecule has 1 unspecified atom stereocenters. The summed E-state index contributed by atoms with van der Waals surface area (Å²) < 4.78 is 11.5. The third-order valence-electron chi connectivity index (χ3n) is 7.18. The quantitative estimate of drug-likeness (QED) is 0.374. The molecule has 3 heteroatoms. The first kappa shape index (κ1) is 22.0. The van der Waals surface area contributed by atoms with Crippen molar-refractivity contribution >= 4 is 11.1 Å². The molecule has 4 rings (SSSR count). The second-order valence-electron chi connectivity index (χ2n) is 8.80. The van der Waals surface area contributed by atoms with E-state index >= 15 is 0 Å². The Balaban J connectivity index is 1.82. The molecule has 0 saturated heterocycles. The van der Waals surface area contributed by atoms with Gasteiger partial charge in [0.15, 0.2) is 0 Å². The summed E-state index contributed by atoms with van der Waals surface area (Å²) in [4.78, 5) is 0. The molecule has 3 atom stereocenters. The molecule has 2 aromatic rings. The van der Waals surface area contributed by atoms with Crippen molar-refractivity contribution in [1.29, 1.82) is 0 Å². The Morgan fingerprint density at radius 3 is 2.45 bits per heavy atom. The molecular weight excluding hydrogens is 384 g/mol. The number of aliphatic hydroxyl groups is 1. The molecule has 2 aliphatic carbocycles. The van der Waals surface area contributed by atoms with Crippen molar-refractivity contribution in [3.05, 3.63) is 83.9 Å². The number of hydrogen-bond acceptors (Lipinski definition) is 3. The third-order valence-corrected chi connectivity index (χ3v) is 7.18. The van der Waals surface area contributed by atoms with E-state index in [1.165, 1.54) is 27.8 Å². The van der Waals surface area contributed by atoms with Gasteiger partial charge in [0.1, 0.15) is 6.79 Å². The molecule has 0 aromatic heterocycles. The summed E-state index contributed by atoms with van der Waals surface area (Å²) in [7, 11) is 1.69. The van der Waals surface area contributed by atoms with Crippen molar-refractivity contribution in [3.63, 3.8) is 0 Å². The van der Waals surface area contributed by atoms with Crippen LogP contribution in [0.1, 0.15) is 49.7 Å². The molecule has 1 saturated carbocycles. The molecule has 0 radical (unpaired) electrons. The maximum atomic E-state index is 9.35. The van der Waals surface area contributed by atoms with Crippen molar-refractivity contribution in [1.82, 2.24) is 0 Å². The number of methoxy groups -OCH3 is 1. The SMILES string of the molecule is C=C(c1ccccc1)[C@@]12CC[C@H](OCOC)C1CC(CCCCO)=C2c1ccccc1. The largest absolute Gasteiger partial charge is 0.396 e. The highest BCUT2D eigenvalue weighted by Crippen LogP contribution is 2.66. The van der Waals surface area contributed by atoms with Crippen LogP contribution in [-0.2, 0) is 9.47 Å². The van der Waals surface area contributed by atoms with Crippen LogP contribution in [0.5, 0.6) is 0 Å². The first-order valence-corrected chi connectivity index (χ1v) is 11.5. The monoisotopic (exact) mass is 418 g/mol. The summed E-state index contributed by atoms with van der Waals surface area (Å²) in [6.07, 6.45) is 6.10. The predicted molar refractivity (Wildman–Crippen MR) is 126 cm³/mol. The molecule has 1 N–H and O–H groups in total. The van der Waals surface area contributed by atoms with Crippen LogP contribution in [0.2, 0.25) is 0 Å². The number of rotatable bonds is 10. The Labute approximate surface area is 186 Å². The summed E-state index contributed by atoms with van der Waals surface area (Å²) in [5.74, 6) is 0.356. The van der Waals surface area contributed by atoms with Gasteiger partial charge in [0.2, 0.25) is 0 Å². The molecule has 0 spiro atoms. The average Bonchev–Trinajstić information content (AvgIpc) is 3.33. The number of aliphatic hydroxyl groups excluding tert-OH is 1. The lowest BCUT2D eigenvalue weighted by Crippen LogP contribution is -2.30. The molecule has 2 aliphatic rings. The lowest BCUT2D eigenvalue weighted by molar-refractivity contribution is -0.0858. The van der Waals surface area contributed by atoms with Crippen LogP contribution >= 0.6 is 0 Å². The number of ether oxygens (including phenoxy) is 2. The smallest absolute Gasteiger partial charge is 0.146 e. The molecule has 3 nitrogen and oxygen atoms in total.